The molecule has 6 rings (SSSR count). The van der Waals surface area contributed by atoms with Gasteiger partial charge in [-0.25, -0.2) is 9.97 Å². The van der Waals surface area contributed by atoms with Crippen LogP contribution in [0.4, 0.5) is 0 Å². The number of fused-ring (bicyclic) bond motifs is 2. The van der Waals surface area contributed by atoms with Crippen molar-refractivity contribution in [3.8, 4) is 34.8 Å². The number of esters is 1. The van der Waals surface area contributed by atoms with Gasteiger partial charge in [-0.2, -0.15) is 0 Å². The van der Waals surface area contributed by atoms with Crippen molar-refractivity contribution in [2.45, 2.75) is 71.9 Å². The van der Waals surface area contributed by atoms with Crippen molar-refractivity contribution in [2.75, 3.05) is 6.61 Å². The Morgan fingerprint density at radius 1 is 0.759 bits per heavy atom. The van der Waals surface area contributed by atoms with Gasteiger partial charge < -0.3 is 53.6 Å². The van der Waals surface area contributed by atoms with Crippen LogP contribution in [0.2, 0.25) is 0 Å². The molecule has 0 saturated carbocycles. The van der Waals surface area contributed by atoms with E-state index in [1.165, 1.54) is 31.0 Å². The second-order valence-corrected chi connectivity index (χ2v) is 12.0. The number of rotatable bonds is 13. The Morgan fingerprint density at radius 3 is 1.57 bits per heavy atom. The molecule has 2 atom stereocenters. The van der Waals surface area contributed by atoms with Crippen LogP contribution in [0.3, 0.4) is 0 Å². The molecule has 0 aliphatic carbocycles. The van der Waals surface area contributed by atoms with Crippen LogP contribution in [0.5, 0.6) is 34.8 Å². The summed E-state index contributed by atoms with van der Waals surface area (Å²) in [6, 6.07) is 6.55. The fourth-order valence-electron chi connectivity index (χ4n) is 5.50. The molecule has 280 valence electrons. The Hall–Kier alpha value is -4.73. The van der Waals surface area contributed by atoms with Crippen molar-refractivity contribution in [3.05, 3.63) is 72.6 Å². The molecule has 20 heteroatoms. The standard InChI is InChI=1S/C18H21BN2O6.C16H17BN2O6.Li.H2O/c1-4-24-17(22)9-15-18-13(19(23)27-15)7-12(8-14(18)25-11(2)3)26-16-10-20-5-6-21-16;1-9(2)23-12-6-10(24-14-8-18-3-4-19-14)5-11-16(12)13(7-15(20)21)25-17(11)22;;/h5-8,10-11,15,23H,4,9H2,1-3H3;3-6,8-9,13,22H,7H2,1-2H3,(H,20,21);;1H2/q;;+1;/p-1. The van der Waals surface area contributed by atoms with Crippen molar-refractivity contribution in [3.63, 3.8) is 0 Å². The van der Waals surface area contributed by atoms with Crippen LogP contribution in [0, 0.1) is 0 Å². The van der Waals surface area contributed by atoms with Gasteiger partial charge in [-0.05, 0) is 57.7 Å². The molecule has 0 fully saturated rings. The number of hydrogen-bond donors (Lipinski definition) is 3. The van der Waals surface area contributed by atoms with Crippen LogP contribution in [0.15, 0.2) is 61.4 Å². The first-order chi connectivity index (χ1) is 24.9. The molecule has 0 bridgehead atoms. The van der Waals surface area contributed by atoms with E-state index in [-0.39, 0.29) is 61.9 Å². The fourth-order valence-corrected chi connectivity index (χ4v) is 5.50. The van der Waals surface area contributed by atoms with Crippen LogP contribution < -0.4 is 48.7 Å². The number of carbonyl (C=O) groups excluding carboxylic acids is 1. The molecule has 2 unspecified atom stereocenters. The summed E-state index contributed by atoms with van der Waals surface area (Å²) in [5.41, 5.74) is 2.05. The molecule has 54 heavy (non-hydrogen) atoms. The predicted octanol–water partition coefficient (Wildman–Crippen LogP) is -0.115. The molecule has 0 amide bonds. The molecule has 2 aliphatic rings. The van der Waals surface area contributed by atoms with E-state index in [1.54, 1.807) is 37.4 Å². The summed E-state index contributed by atoms with van der Waals surface area (Å²) in [5.74, 6) is 0.857. The SMILES string of the molecule is CC(C)Oc1cc(Oc2cnccn2)cc2c1C(CC(=O)O)OB2O.CCOC(=O)CC1OB(O)c2cc(Oc3cnccn3)cc(OC(C)C)c21.[Li+].[OH-]. The van der Waals surface area contributed by atoms with Gasteiger partial charge in [0.25, 0.3) is 0 Å². The number of aliphatic carboxylic acids is 1. The van der Waals surface area contributed by atoms with E-state index in [0.717, 1.165) is 0 Å². The van der Waals surface area contributed by atoms with Gasteiger partial charge in [-0.15, -0.1) is 0 Å². The van der Waals surface area contributed by atoms with Crippen molar-refractivity contribution in [1.29, 1.82) is 0 Å². The Bertz CT molecular complexity index is 1850. The smallest absolute Gasteiger partial charge is 0.870 e. The summed E-state index contributed by atoms with van der Waals surface area (Å²) in [6.45, 7) is 9.48. The van der Waals surface area contributed by atoms with Gasteiger partial charge in [-0.1, -0.05) is 0 Å². The second kappa shape index (κ2) is 20.1. The summed E-state index contributed by atoms with van der Waals surface area (Å²) in [5, 5.41) is 29.6. The maximum absolute atomic E-state index is 11.9. The van der Waals surface area contributed by atoms with E-state index in [0.29, 0.717) is 50.9 Å². The molecule has 4 aromatic rings. The normalized spacial score (nSPS) is 15.2. The zero-order valence-electron chi connectivity index (χ0n) is 30.6. The summed E-state index contributed by atoms with van der Waals surface area (Å²) in [6.07, 6.45) is 6.99. The van der Waals surface area contributed by atoms with Crippen LogP contribution in [-0.4, -0.2) is 85.6 Å². The topological polar surface area (TPSA) is 241 Å². The Balaban J connectivity index is 0.000000281. The predicted molar refractivity (Wildman–Crippen MR) is 187 cm³/mol. The van der Waals surface area contributed by atoms with Gasteiger partial charge in [0.1, 0.15) is 23.0 Å². The molecule has 0 spiro atoms. The minimum Gasteiger partial charge on any atom is -0.870 e. The van der Waals surface area contributed by atoms with Crippen LogP contribution in [0.25, 0.3) is 0 Å². The zero-order chi connectivity index (χ0) is 37.4. The Morgan fingerprint density at radius 2 is 1.20 bits per heavy atom. The van der Waals surface area contributed by atoms with Crippen molar-refractivity contribution in [1.82, 2.24) is 19.9 Å². The number of carboxylic acids is 1. The molecule has 0 radical (unpaired) electrons. The minimum absolute atomic E-state index is 0. The first-order valence-corrected chi connectivity index (χ1v) is 16.5. The van der Waals surface area contributed by atoms with E-state index in [2.05, 4.69) is 19.9 Å². The maximum atomic E-state index is 11.9. The van der Waals surface area contributed by atoms with Crippen LogP contribution >= 0.6 is 0 Å². The van der Waals surface area contributed by atoms with Crippen molar-refractivity contribution >= 4 is 37.1 Å². The first-order valence-electron chi connectivity index (χ1n) is 16.5. The number of hydrogen-bond acceptors (Lipinski definition) is 16. The quantitative estimate of drug-likeness (QED) is 0.120. The molecule has 2 aromatic carbocycles. The van der Waals surface area contributed by atoms with Gasteiger partial charge in [-0.3, -0.25) is 19.6 Å². The largest absolute Gasteiger partial charge is 1.00 e. The van der Waals surface area contributed by atoms with E-state index >= 15 is 0 Å². The maximum Gasteiger partial charge on any atom is 1.00 e. The van der Waals surface area contributed by atoms with Crippen LogP contribution in [0.1, 0.15) is 70.8 Å². The second-order valence-electron chi connectivity index (χ2n) is 12.0. The van der Waals surface area contributed by atoms with E-state index in [9.17, 15) is 19.6 Å². The summed E-state index contributed by atoms with van der Waals surface area (Å²) in [4.78, 5) is 39.0. The molecular formula is C34H39B2LiN4O13. The average Bonchev–Trinajstić information content (AvgIpc) is 3.56. The molecule has 4 heterocycles. The van der Waals surface area contributed by atoms with Gasteiger partial charge in [0.2, 0.25) is 11.8 Å². The Labute approximate surface area is 324 Å². The number of ether oxygens (including phenoxy) is 5. The molecular weight excluding hydrogens is 701 g/mol. The van der Waals surface area contributed by atoms with E-state index in [4.69, 9.17) is 38.1 Å². The summed E-state index contributed by atoms with van der Waals surface area (Å²) < 4.78 is 39.0. The third-order valence-electron chi connectivity index (χ3n) is 7.32. The molecule has 2 aliphatic heterocycles. The molecule has 17 nitrogen and oxygen atoms in total. The monoisotopic (exact) mass is 740 g/mol. The Kier molecular flexibility index (Phi) is 16.2. The van der Waals surface area contributed by atoms with Crippen molar-refractivity contribution < 1.29 is 82.1 Å². The van der Waals surface area contributed by atoms with Crippen LogP contribution in [-0.2, 0) is 23.6 Å². The number of carboxylic acid groups (broad SMARTS) is 1. The summed E-state index contributed by atoms with van der Waals surface area (Å²) >= 11 is 0. The number of nitrogens with zero attached hydrogens (tertiary/aromatic N) is 4. The first kappa shape index (κ1) is 43.7. The minimum atomic E-state index is -1.25. The van der Waals surface area contributed by atoms with Gasteiger partial charge in [0.15, 0.2) is 0 Å². The molecule has 2 aromatic heterocycles. The average molecular weight is 740 g/mol. The molecule has 0 saturated heterocycles. The third kappa shape index (κ3) is 11.4. The van der Waals surface area contributed by atoms with Crippen molar-refractivity contribution in [2.24, 2.45) is 0 Å². The van der Waals surface area contributed by atoms with Gasteiger partial charge in [0.05, 0.1) is 56.3 Å². The molecule has 4 N–H and O–H groups in total. The third-order valence-corrected chi connectivity index (χ3v) is 7.32. The van der Waals surface area contributed by atoms with Gasteiger partial charge >= 0.3 is 45.0 Å². The zero-order valence-corrected chi connectivity index (χ0v) is 30.6. The number of aromatic nitrogens is 4. The van der Waals surface area contributed by atoms with E-state index < -0.39 is 38.4 Å². The van der Waals surface area contributed by atoms with E-state index in [1.807, 2.05) is 27.7 Å². The number of benzene rings is 2. The number of carbonyl (C=O) groups is 2. The fraction of sp³-hybridized carbons (Fsp3) is 0.353. The van der Waals surface area contributed by atoms with Gasteiger partial charge in [0, 0.05) is 48.0 Å². The summed E-state index contributed by atoms with van der Waals surface area (Å²) in [7, 11) is -2.45.